The fourth-order valence-electron chi connectivity index (χ4n) is 4.34. The third-order valence-corrected chi connectivity index (χ3v) is 5.95. The number of para-hydroxylation sites is 1. The smallest absolute Gasteiger partial charge is 0.193 e. The second-order valence-electron chi connectivity index (χ2n) is 7.60. The molecule has 0 bridgehead atoms. The van der Waals surface area contributed by atoms with Gasteiger partial charge in [0.2, 0.25) is 0 Å². The number of guanidine groups is 1. The van der Waals surface area contributed by atoms with Gasteiger partial charge in [-0.25, -0.2) is 0 Å². The standard InChI is InChI=1S/C21H34N4O2/c1-22-20(24(2)16-18-8-4-5-9-19(18)26-3)23-17-21(10-14-27-15-11-21)25-12-6-7-13-25/h4-5,8-9H,6-7,10-17H2,1-3H3,(H,22,23). The van der Waals surface area contributed by atoms with E-state index in [4.69, 9.17) is 9.47 Å². The average molecular weight is 375 g/mol. The Kier molecular flexibility index (Phi) is 6.96. The second-order valence-corrected chi connectivity index (χ2v) is 7.60. The van der Waals surface area contributed by atoms with Crippen LogP contribution < -0.4 is 10.1 Å². The van der Waals surface area contributed by atoms with Gasteiger partial charge < -0.3 is 19.7 Å². The van der Waals surface area contributed by atoms with Crippen molar-refractivity contribution in [1.82, 2.24) is 15.1 Å². The highest BCUT2D eigenvalue weighted by Gasteiger charge is 2.39. The zero-order valence-electron chi connectivity index (χ0n) is 17.0. The molecule has 1 N–H and O–H groups in total. The lowest BCUT2D eigenvalue weighted by Gasteiger charge is -2.45. The molecule has 1 aromatic rings. The molecule has 0 spiro atoms. The van der Waals surface area contributed by atoms with Crippen LogP contribution in [0.2, 0.25) is 0 Å². The Morgan fingerprint density at radius 1 is 1.26 bits per heavy atom. The Balaban J connectivity index is 1.64. The summed E-state index contributed by atoms with van der Waals surface area (Å²) in [6.45, 7) is 5.79. The van der Waals surface area contributed by atoms with Crippen molar-refractivity contribution in [3.63, 3.8) is 0 Å². The molecule has 1 aromatic carbocycles. The zero-order valence-corrected chi connectivity index (χ0v) is 17.0. The van der Waals surface area contributed by atoms with Crippen LogP contribution in [0, 0.1) is 0 Å². The molecule has 6 heteroatoms. The molecule has 0 aromatic heterocycles. The van der Waals surface area contributed by atoms with Gasteiger partial charge in [0.25, 0.3) is 0 Å². The molecule has 2 fully saturated rings. The van der Waals surface area contributed by atoms with Crippen LogP contribution >= 0.6 is 0 Å². The molecule has 2 aliphatic rings. The number of rotatable bonds is 6. The Labute approximate surface area is 163 Å². The molecule has 27 heavy (non-hydrogen) atoms. The molecule has 2 aliphatic heterocycles. The van der Waals surface area contributed by atoms with Crippen molar-refractivity contribution in [3.05, 3.63) is 29.8 Å². The van der Waals surface area contributed by atoms with Gasteiger partial charge in [-0.2, -0.15) is 0 Å². The van der Waals surface area contributed by atoms with Crippen molar-refractivity contribution in [1.29, 1.82) is 0 Å². The van der Waals surface area contributed by atoms with Crippen molar-refractivity contribution in [2.75, 3.05) is 54.1 Å². The minimum absolute atomic E-state index is 0.190. The Morgan fingerprint density at radius 3 is 2.63 bits per heavy atom. The van der Waals surface area contributed by atoms with Crippen molar-refractivity contribution in [3.8, 4) is 5.75 Å². The Hall–Kier alpha value is -1.79. The third kappa shape index (κ3) is 4.74. The van der Waals surface area contributed by atoms with Crippen molar-refractivity contribution < 1.29 is 9.47 Å². The normalized spacial score (nSPS) is 20.5. The molecular weight excluding hydrogens is 340 g/mol. The van der Waals surface area contributed by atoms with Gasteiger partial charge in [0.1, 0.15) is 5.75 Å². The molecule has 0 saturated carbocycles. The van der Waals surface area contributed by atoms with Crippen LogP contribution in [0.4, 0.5) is 0 Å². The van der Waals surface area contributed by atoms with E-state index < -0.39 is 0 Å². The number of ether oxygens (including phenoxy) is 2. The number of hydrogen-bond donors (Lipinski definition) is 1. The summed E-state index contributed by atoms with van der Waals surface area (Å²) in [5, 5.41) is 3.65. The van der Waals surface area contributed by atoms with E-state index in [1.54, 1.807) is 7.11 Å². The predicted octanol–water partition coefficient (Wildman–Crippen LogP) is 2.35. The summed E-state index contributed by atoms with van der Waals surface area (Å²) in [6, 6.07) is 8.16. The van der Waals surface area contributed by atoms with Crippen molar-refractivity contribution in [2.45, 2.75) is 37.8 Å². The summed E-state index contributed by atoms with van der Waals surface area (Å²) < 4.78 is 11.2. The lowest BCUT2D eigenvalue weighted by Crippen LogP contribution is -2.58. The highest BCUT2D eigenvalue weighted by Crippen LogP contribution is 2.30. The number of likely N-dealkylation sites (tertiary alicyclic amines) is 1. The quantitative estimate of drug-likeness (QED) is 0.612. The largest absolute Gasteiger partial charge is 0.496 e. The van der Waals surface area contributed by atoms with Gasteiger partial charge >= 0.3 is 0 Å². The van der Waals surface area contributed by atoms with Gasteiger partial charge in [-0.05, 0) is 44.8 Å². The fourth-order valence-corrected chi connectivity index (χ4v) is 4.34. The summed E-state index contributed by atoms with van der Waals surface area (Å²) >= 11 is 0. The molecule has 6 nitrogen and oxygen atoms in total. The summed E-state index contributed by atoms with van der Waals surface area (Å²) in [5.74, 6) is 1.84. The maximum Gasteiger partial charge on any atom is 0.193 e. The van der Waals surface area contributed by atoms with Crippen LogP contribution in [0.5, 0.6) is 5.75 Å². The monoisotopic (exact) mass is 374 g/mol. The SMILES string of the molecule is CN=C(NCC1(N2CCCC2)CCOCC1)N(C)Cc1ccccc1OC. The van der Waals surface area contributed by atoms with E-state index in [-0.39, 0.29) is 5.54 Å². The summed E-state index contributed by atoms with van der Waals surface area (Å²) in [5.41, 5.74) is 1.35. The lowest BCUT2D eigenvalue weighted by molar-refractivity contribution is -0.0166. The molecule has 0 amide bonds. The molecular formula is C21H34N4O2. The Bertz CT molecular complexity index is 622. The first-order valence-electron chi connectivity index (χ1n) is 10.0. The van der Waals surface area contributed by atoms with Crippen molar-refractivity contribution >= 4 is 5.96 Å². The van der Waals surface area contributed by atoms with E-state index >= 15 is 0 Å². The van der Waals surface area contributed by atoms with Gasteiger partial charge in [-0.1, -0.05) is 18.2 Å². The van der Waals surface area contributed by atoms with Crippen LogP contribution in [-0.2, 0) is 11.3 Å². The fraction of sp³-hybridized carbons (Fsp3) is 0.667. The molecule has 0 radical (unpaired) electrons. The van der Waals surface area contributed by atoms with E-state index in [1.165, 1.54) is 25.9 Å². The number of aliphatic imine (C=N–C) groups is 1. The first kappa shape index (κ1) is 20.0. The molecule has 2 saturated heterocycles. The first-order valence-corrected chi connectivity index (χ1v) is 10.0. The van der Waals surface area contributed by atoms with Gasteiger partial charge in [0.05, 0.1) is 7.11 Å². The van der Waals surface area contributed by atoms with Gasteiger partial charge in [0, 0.05) is 51.5 Å². The molecule has 150 valence electrons. The number of methoxy groups -OCH3 is 1. The number of nitrogens with zero attached hydrogens (tertiary/aromatic N) is 3. The maximum absolute atomic E-state index is 5.66. The number of nitrogens with one attached hydrogen (secondary N) is 1. The Morgan fingerprint density at radius 2 is 1.96 bits per heavy atom. The topological polar surface area (TPSA) is 49.3 Å². The minimum atomic E-state index is 0.190. The molecule has 0 unspecified atom stereocenters. The average Bonchev–Trinajstić information content (AvgIpc) is 3.25. The van der Waals surface area contributed by atoms with Crippen LogP contribution in [0.25, 0.3) is 0 Å². The van der Waals surface area contributed by atoms with Crippen molar-refractivity contribution in [2.24, 2.45) is 4.99 Å². The summed E-state index contributed by atoms with van der Waals surface area (Å²) in [6.07, 6.45) is 4.80. The van der Waals surface area contributed by atoms with Gasteiger partial charge in [-0.3, -0.25) is 9.89 Å². The van der Waals surface area contributed by atoms with E-state index in [1.807, 2.05) is 25.2 Å². The number of benzene rings is 1. The van der Waals surface area contributed by atoms with Gasteiger partial charge in [0.15, 0.2) is 5.96 Å². The highest BCUT2D eigenvalue weighted by molar-refractivity contribution is 5.79. The molecule has 0 atom stereocenters. The van der Waals surface area contributed by atoms with Crippen LogP contribution in [0.3, 0.4) is 0 Å². The molecule has 0 aliphatic carbocycles. The third-order valence-electron chi connectivity index (χ3n) is 5.95. The van der Waals surface area contributed by atoms with E-state index in [0.717, 1.165) is 56.4 Å². The van der Waals surface area contributed by atoms with Crippen LogP contribution in [0.15, 0.2) is 29.3 Å². The lowest BCUT2D eigenvalue weighted by atomic mass is 9.88. The van der Waals surface area contributed by atoms with Crippen LogP contribution in [-0.4, -0.2) is 75.4 Å². The van der Waals surface area contributed by atoms with E-state index in [2.05, 4.69) is 33.2 Å². The maximum atomic E-state index is 5.66. The van der Waals surface area contributed by atoms with E-state index in [0.29, 0.717) is 0 Å². The summed E-state index contributed by atoms with van der Waals surface area (Å²) in [7, 11) is 5.65. The minimum Gasteiger partial charge on any atom is -0.496 e. The molecule has 2 heterocycles. The predicted molar refractivity (Wildman–Crippen MR) is 109 cm³/mol. The second kappa shape index (κ2) is 9.42. The first-order chi connectivity index (χ1) is 13.2. The van der Waals surface area contributed by atoms with E-state index in [9.17, 15) is 0 Å². The van der Waals surface area contributed by atoms with Gasteiger partial charge in [-0.15, -0.1) is 0 Å². The highest BCUT2D eigenvalue weighted by atomic mass is 16.5. The zero-order chi connectivity index (χ0) is 19.1. The number of hydrogen-bond acceptors (Lipinski definition) is 4. The van der Waals surface area contributed by atoms with Crippen LogP contribution in [0.1, 0.15) is 31.2 Å². The summed E-state index contributed by atoms with van der Waals surface area (Å²) in [4.78, 5) is 9.36. The molecule has 3 rings (SSSR count).